The quantitative estimate of drug-likeness (QED) is 0.647. The van der Waals surface area contributed by atoms with Crippen LogP contribution in [0.4, 0.5) is 0 Å². The van der Waals surface area contributed by atoms with Crippen molar-refractivity contribution in [2.45, 2.75) is 57.5 Å². The van der Waals surface area contributed by atoms with E-state index in [2.05, 4.69) is 17.6 Å². The minimum Gasteiger partial charge on any atom is -0.354 e. The van der Waals surface area contributed by atoms with Crippen molar-refractivity contribution in [3.8, 4) is 0 Å². The molecule has 0 spiro atoms. The van der Waals surface area contributed by atoms with E-state index < -0.39 is 12.1 Å². The maximum absolute atomic E-state index is 11.8. The first-order valence-corrected chi connectivity index (χ1v) is 6.48. The highest BCUT2D eigenvalue weighted by Gasteiger charge is 2.24. The van der Waals surface area contributed by atoms with Gasteiger partial charge in [0.05, 0.1) is 6.04 Å². The normalized spacial score (nSPS) is 22.5. The van der Waals surface area contributed by atoms with Gasteiger partial charge < -0.3 is 16.4 Å². The van der Waals surface area contributed by atoms with Gasteiger partial charge in [-0.2, -0.15) is 0 Å². The molecule has 98 valence electrons. The van der Waals surface area contributed by atoms with E-state index in [0.717, 1.165) is 25.7 Å². The number of carbonyl (C=O) groups excluding carboxylic acids is 2. The van der Waals surface area contributed by atoms with Gasteiger partial charge in [-0.25, -0.2) is 0 Å². The summed E-state index contributed by atoms with van der Waals surface area (Å²) in [7, 11) is 0. The molecule has 0 aromatic rings. The summed E-state index contributed by atoms with van der Waals surface area (Å²) in [4.78, 5) is 23.4. The van der Waals surface area contributed by atoms with Gasteiger partial charge in [-0.1, -0.05) is 19.8 Å². The van der Waals surface area contributed by atoms with E-state index in [0.29, 0.717) is 19.4 Å². The molecule has 0 aromatic heterocycles. The number of hydrogen-bond donors (Lipinski definition) is 3. The lowest BCUT2D eigenvalue weighted by Crippen LogP contribution is -2.50. The lowest BCUT2D eigenvalue weighted by atomic mass is 10.1. The summed E-state index contributed by atoms with van der Waals surface area (Å²) in [5, 5.41) is 5.53. The van der Waals surface area contributed by atoms with Crippen LogP contribution in [0.3, 0.4) is 0 Å². The Kier molecular flexibility index (Phi) is 5.97. The molecule has 1 rings (SSSR count). The lowest BCUT2D eigenvalue weighted by molar-refractivity contribution is -0.129. The number of carbonyl (C=O) groups is 2. The van der Waals surface area contributed by atoms with Crippen molar-refractivity contribution in [3.05, 3.63) is 0 Å². The van der Waals surface area contributed by atoms with Crippen LogP contribution in [0.1, 0.15) is 45.4 Å². The number of rotatable bonds is 5. The number of nitrogens with two attached hydrogens (primary N) is 1. The van der Waals surface area contributed by atoms with Gasteiger partial charge in [-0.15, -0.1) is 0 Å². The highest BCUT2D eigenvalue weighted by molar-refractivity contribution is 5.89. The SMILES string of the molecule is CCCC[C@H](N)C(=O)NC1CCCCNC1=O. The Balaban J connectivity index is 2.40. The van der Waals surface area contributed by atoms with Gasteiger partial charge in [0.2, 0.25) is 11.8 Å². The Labute approximate surface area is 103 Å². The Hall–Kier alpha value is -1.10. The summed E-state index contributed by atoms with van der Waals surface area (Å²) in [5.41, 5.74) is 5.76. The predicted molar refractivity (Wildman–Crippen MR) is 66.3 cm³/mol. The van der Waals surface area contributed by atoms with Crippen molar-refractivity contribution in [2.75, 3.05) is 6.54 Å². The van der Waals surface area contributed by atoms with Gasteiger partial charge in [0, 0.05) is 6.54 Å². The summed E-state index contributed by atoms with van der Waals surface area (Å²) in [5.74, 6) is -0.293. The van der Waals surface area contributed by atoms with Crippen molar-refractivity contribution < 1.29 is 9.59 Å². The van der Waals surface area contributed by atoms with Crippen LogP contribution in [0.2, 0.25) is 0 Å². The van der Waals surface area contributed by atoms with Crippen molar-refractivity contribution >= 4 is 11.8 Å². The van der Waals surface area contributed by atoms with Crippen LogP contribution >= 0.6 is 0 Å². The molecule has 0 aliphatic carbocycles. The van der Waals surface area contributed by atoms with E-state index in [1.54, 1.807) is 0 Å². The number of nitrogens with one attached hydrogen (secondary N) is 2. The van der Waals surface area contributed by atoms with Gasteiger partial charge in [-0.3, -0.25) is 9.59 Å². The first-order valence-electron chi connectivity index (χ1n) is 6.48. The molecule has 0 bridgehead atoms. The van der Waals surface area contributed by atoms with E-state index in [1.807, 2.05) is 0 Å². The molecule has 5 heteroatoms. The van der Waals surface area contributed by atoms with E-state index in [9.17, 15) is 9.59 Å². The van der Waals surface area contributed by atoms with E-state index in [1.165, 1.54) is 0 Å². The first kappa shape index (κ1) is 14.0. The van der Waals surface area contributed by atoms with Crippen LogP contribution in [0.25, 0.3) is 0 Å². The largest absolute Gasteiger partial charge is 0.354 e. The fourth-order valence-corrected chi connectivity index (χ4v) is 1.91. The molecule has 2 atom stereocenters. The fraction of sp³-hybridized carbons (Fsp3) is 0.833. The minimum absolute atomic E-state index is 0.0847. The van der Waals surface area contributed by atoms with Crippen molar-refractivity contribution in [3.63, 3.8) is 0 Å². The van der Waals surface area contributed by atoms with Crippen molar-refractivity contribution in [1.29, 1.82) is 0 Å². The van der Waals surface area contributed by atoms with Crippen LogP contribution in [-0.4, -0.2) is 30.4 Å². The molecule has 2 amide bonds. The van der Waals surface area contributed by atoms with Crippen LogP contribution in [0, 0.1) is 0 Å². The molecule has 1 aliphatic rings. The fourth-order valence-electron chi connectivity index (χ4n) is 1.91. The Morgan fingerprint density at radius 2 is 2.35 bits per heavy atom. The molecular weight excluding hydrogens is 218 g/mol. The van der Waals surface area contributed by atoms with E-state index >= 15 is 0 Å². The van der Waals surface area contributed by atoms with E-state index in [-0.39, 0.29) is 11.8 Å². The zero-order valence-electron chi connectivity index (χ0n) is 10.5. The standard InChI is InChI=1S/C12H23N3O2/c1-2-3-6-9(13)11(16)15-10-7-4-5-8-14-12(10)17/h9-10H,2-8,13H2,1H3,(H,14,17)(H,15,16)/t9-,10?/m0/s1. The molecule has 4 N–H and O–H groups in total. The molecule has 17 heavy (non-hydrogen) atoms. The molecule has 1 saturated heterocycles. The van der Waals surface area contributed by atoms with Gasteiger partial charge >= 0.3 is 0 Å². The molecule has 1 heterocycles. The van der Waals surface area contributed by atoms with E-state index in [4.69, 9.17) is 5.73 Å². The second kappa shape index (κ2) is 7.27. The van der Waals surface area contributed by atoms with Gasteiger partial charge in [0.15, 0.2) is 0 Å². The highest BCUT2D eigenvalue weighted by atomic mass is 16.2. The van der Waals surface area contributed by atoms with Crippen molar-refractivity contribution in [1.82, 2.24) is 10.6 Å². The summed E-state index contributed by atoms with van der Waals surface area (Å²) >= 11 is 0. The number of unbranched alkanes of at least 4 members (excludes halogenated alkanes) is 1. The third-order valence-corrected chi connectivity index (χ3v) is 3.06. The Bertz CT molecular complexity index is 268. The topological polar surface area (TPSA) is 84.2 Å². The lowest BCUT2D eigenvalue weighted by Gasteiger charge is -2.18. The maximum Gasteiger partial charge on any atom is 0.242 e. The van der Waals surface area contributed by atoms with Crippen LogP contribution in [0.15, 0.2) is 0 Å². The van der Waals surface area contributed by atoms with Gasteiger partial charge in [0.1, 0.15) is 6.04 Å². The molecule has 0 saturated carbocycles. The summed E-state index contributed by atoms with van der Waals surface area (Å²) in [6.07, 6.45) is 5.26. The van der Waals surface area contributed by atoms with Crippen molar-refractivity contribution in [2.24, 2.45) is 5.73 Å². The monoisotopic (exact) mass is 241 g/mol. The van der Waals surface area contributed by atoms with Crippen LogP contribution < -0.4 is 16.4 Å². The van der Waals surface area contributed by atoms with Crippen LogP contribution in [0.5, 0.6) is 0 Å². The van der Waals surface area contributed by atoms with Gasteiger partial charge in [0.25, 0.3) is 0 Å². The molecule has 5 nitrogen and oxygen atoms in total. The Morgan fingerprint density at radius 1 is 1.59 bits per heavy atom. The second-order valence-electron chi connectivity index (χ2n) is 4.60. The number of hydrogen-bond acceptors (Lipinski definition) is 3. The zero-order valence-corrected chi connectivity index (χ0v) is 10.5. The third kappa shape index (κ3) is 4.73. The minimum atomic E-state index is -0.494. The summed E-state index contributed by atoms with van der Waals surface area (Å²) in [6, 6.07) is -0.899. The average Bonchev–Trinajstić information content (AvgIpc) is 2.52. The molecule has 0 aromatic carbocycles. The zero-order chi connectivity index (χ0) is 12.7. The highest BCUT2D eigenvalue weighted by Crippen LogP contribution is 2.06. The molecule has 1 unspecified atom stereocenters. The summed E-state index contributed by atoms with van der Waals surface area (Å²) < 4.78 is 0. The average molecular weight is 241 g/mol. The smallest absolute Gasteiger partial charge is 0.242 e. The number of amides is 2. The maximum atomic E-state index is 11.8. The third-order valence-electron chi connectivity index (χ3n) is 3.06. The van der Waals surface area contributed by atoms with Crippen LogP contribution in [-0.2, 0) is 9.59 Å². The second-order valence-corrected chi connectivity index (χ2v) is 4.60. The predicted octanol–water partition coefficient (Wildman–Crippen LogP) is 0.289. The molecule has 1 aliphatic heterocycles. The van der Waals surface area contributed by atoms with Gasteiger partial charge in [-0.05, 0) is 25.7 Å². The molecule has 1 fully saturated rings. The Morgan fingerprint density at radius 3 is 3.06 bits per heavy atom. The first-order chi connectivity index (χ1) is 8.15. The molecular formula is C12H23N3O2. The molecule has 0 radical (unpaired) electrons. The summed E-state index contributed by atoms with van der Waals surface area (Å²) in [6.45, 7) is 2.76.